The summed E-state index contributed by atoms with van der Waals surface area (Å²) < 4.78 is 24.2. The SMILES string of the molecule is Cc1ccc(C)n1-c1ccc([C@@H](O)CN[C@H](C)Cc2cccc(CC(=O)NCc3ccc(C(=O)NCc4ccc([SH](=O)=O)cc4)cc3)c2)cn1. The van der Waals surface area contributed by atoms with Crippen LogP contribution in [0.2, 0.25) is 0 Å². The molecule has 2 amide bonds. The number of nitrogens with one attached hydrogen (secondary N) is 3. The van der Waals surface area contributed by atoms with E-state index < -0.39 is 16.8 Å². The first-order valence-corrected chi connectivity index (χ1v) is 17.7. The van der Waals surface area contributed by atoms with Crippen molar-refractivity contribution in [1.29, 1.82) is 0 Å². The number of aryl methyl sites for hydroxylation is 2. The molecule has 2 heterocycles. The van der Waals surface area contributed by atoms with Gasteiger partial charge in [0.05, 0.1) is 17.4 Å². The second kappa shape index (κ2) is 17.0. The van der Waals surface area contributed by atoms with E-state index in [4.69, 9.17) is 0 Å². The van der Waals surface area contributed by atoms with Gasteiger partial charge in [0.2, 0.25) is 5.91 Å². The first-order chi connectivity index (χ1) is 24.0. The molecule has 3 aromatic carbocycles. The summed E-state index contributed by atoms with van der Waals surface area (Å²) in [6.07, 6.45) is 2.02. The van der Waals surface area contributed by atoms with Gasteiger partial charge in [0.25, 0.3) is 5.91 Å². The highest BCUT2D eigenvalue weighted by atomic mass is 32.2. The number of nitrogens with zero attached hydrogens (tertiary/aromatic N) is 2. The van der Waals surface area contributed by atoms with Gasteiger partial charge in [-0.05, 0) is 91.9 Å². The van der Waals surface area contributed by atoms with E-state index in [0.717, 1.165) is 51.4 Å². The zero-order chi connectivity index (χ0) is 35.6. The summed E-state index contributed by atoms with van der Waals surface area (Å²) in [4.78, 5) is 30.1. The van der Waals surface area contributed by atoms with E-state index in [0.29, 0.717) is 18.7 Å². The van der Waals surface area contributed by atoms with Gasteiger partial charge in [-0.15, -0.1) is 0 Å². The van der Waals surface area contributed by atoms with Crippen LogP contribution >= 0.6 is 0 Å². The second-order valence-corrected chi connectivity index (χ2v) is 13.5. The van der Waals surface area contributed by atoms with Crippen LogP contribution < -0.4 is 16.0 Å². The van der Waals surface area contributed by atoms with Crippen LogP contribution in [0.4, 0.5) is 0 Å². The van der Waals surface area contributed by atoms with Gasteiger partial charge in [0.1, 0.15) is 5.82 Å². The fourth-order valence-electron chi connectivity index (χ4n) is 5.72. The fraction of sp³-hybridized carbons (Fsp3) is 0.256. The summed E-state index contributed by atoms with van der Waals surface area (Å²) in [6.45, 7) is 7.15. The zero-order valence-electron chi connectivity index (χ0n) is 28.4. The number of thiol groups is 1. The van der Waals surface area contributed by atoms with E-state index in [1.165, 1.54) is 12.1 Å². The predicted octanol–water partition coefficient (Wildman–Crippen LogP) is 4.50. The number of amides is 2. The van der Waals surface area contributed by atoms with Crippen molar-refractivity contribution in [3.8, 4) is 5.82 Å². The lowest BCUT2D eigenvalue weighted by Crippen LogP contribution is -2.32. The molecule has 0 unspecified atom stereocenters. The molecule has 0 saturated carbocycles. The molecule has 11 heteroatoms. The van der Waals surface area contributed by atoms with Gasteiger partial charge in [-0.3, -0.25) is 9.59 Å². The molecule has 0 aliphatic carbocycles. The molecule has 5 aromatic rings. The summed E-state index contributed by atoms with van der Waals surface area (Å²) in [5.74, 6) is 0.474. The van der Waals surface area contributed by atoms with Crippen molar-refractivity contribution >= 4 is 22.5 Å². The maximum Gasteiger partial charge on any atom is 0.251 e. The Labute approximate surface area is 294 Å². The molecule has 5 rings (SSSR count). The minimum atomic E-state index is -2.63. The highest BCUT2D eigenvalue weighted by Gasteiger charge is 2.13. The summed E-state index contributed by atoms with van der Waals surface area (Å²) in [5, 5.41) is 20.0. The summed E-state index contributed by atoms with van der Waals surface area (Å²) in [7, 11) is -2.63. The number of carbonyl (C=O) groups excluding carboxylic acids is 2. The lowest BCUT2D eigenvalue weighted by Gasteiger charge is -2.18. The van der Waals surface area contributed by atoms with Gasteiger partial charge in [-0.25, -0.2) is 13.4 Å². The molecular weight excluding hydrogens is 651 g/mol. The number of aliphatic hydroxyl groups is 1. The Kier molecular flexibility index (Phi) is 12.3. The van der Waals surface area contributed by atoms with Gasteiger partial charge < -0.3 is 25.6 Å². The first-order valence-electron chi connectivity index (χ1n) is 16.5. The minimum absolute atomic E-state index is 0.0979. The Morgan fingerprint density at radius 3 is 2.08 bits per heavy atom. The second-order valence-electron chi connectivity index (χ2n) is 12.5. The summed E-state index contributed by atoms with van der Waals surface area (Å²) in [6, 6.07) is 29.4. The zero-order valence-corrected chi connectivity index (χ0v) is 29.3. The molecule has 260 valence electrons. The lowest BCUT2D eigenvalue weighted by molar-refractivity contribution is -0.120. The van der Waals surface area contributed by atoms with Crippen LogP contribution in [0.25, 0.3) is 5.82 Å². The monoisotopic (exact) mass is 693 g/mol. The number of aliphatic hydroxyl groups excluding tert-OH is 1. The van der Waals surface area contributed by atoms with E-state index in [1.54, 1.807) is 42.6 Å². The molecule has 10 nitrogen and oxygen atoms in total. The van der Waals surface area contributed by atoms with E-state index in [2.05, 4.69) is 44.6 Å². The Morgan fingerprint density at radius 2 is 1.44 bits per heavy atom. The largest absolute Gasteiger partial charge is 0.387 e. The van der Waals surface area contributed by atoms with Crippen LogP contribution in [-0.4, -0.2) is 47.5 Å². The average Bonchev–Trinajstić information content (AvgIpc) is 3.46. The standard InChI is InChI=1S/C39H43N5O5S/c1-26(40-25-36(45)34-15-18-37(41-24-34)44-27(2)7-8-28(44)3)19-31-5-4-6-32(20-31)21-38(46)42-22-29-9-13-33(14-10-29)39(47)43-23-30-11-16-35(17-12-30)50(48)49/h4-18,20,24,26,36,40,45,50H,19,21-23,25H2,1-3H3,(H,42,46)(H,43,47)/t26-,36+/m1/s1. The number of hydrogen-bond acceptors (Lipinski definition) is 7. The summed E-state index contributed by atoms with van der Waals surface area (Å²) in [5.41, 5.74) is 7.12. The number of aromatic nitrogens is 2. The highest BCUT2D eigenvalue weighted by molar-refractivity contribution is 7.72. The number of carbonyl (C=O) groups is 2. The summed E-state index contributed by atoms with van der Waals surface area (Å²) >= 11 is 0. The lowest BCUT2D eigenvalue weighted by atomic mass is 10.0. The van der Waals surface area contributed by atoms with Crippen LogP contribution in [0.1, 0.15) is 62.6 Å². The Balaban J connectivity index is 1.03. The Morgan fingerprint density at radius 1 is 0.800 bits per heavy atom. The van der Waals surface area contributed by atoms with Crippen LogP contribution in [0, 0.1) is 13.8 Å². The van der Waals surface area contributed by atoms with Crippen molar-refractivity contribution in [2.45, 2.75) is 63.7 Å². The molecule has 50 heavy (non-hydrogen) atoms. The molecule has 2 aromatic heterocycles. The molecule has 0 aliphatic rings. The van der Waals surface area contributed by atoms with Crippen LogP contribution in [-0.2, 0) is 41.4 Å². The van der Waals surface area contributed by atoms with Crippen LogP contribution in [0.3, 0.4) is 0 Å². The predicted molar refractivity (Wildman–Crippen MR) is 194 cm³/mol. The van der Waals surface area contributed by atoms with E-state index >= 15 is 0 Å². The van der Waals surface area contributed by atoms with E-state index in [-0.39, 0.29) is 35.7 Å². The molecule has 0 saturated heterocycles. The van der Waals surface area contributed by atoms with Gasteiger partial charge in [0, 0.05) is 54.4 Å². The minimum Gasteiger partial charge on any atom is -0.387 e. The third-order valence-corrected chi connectivity index (χ3v) is 9.24. The Hall–Kier alpha value is -5.10. The molecule has 0 spiro atoms. The smallest absolute Gasteiger partial charge is 0.251 e. The highest BCUT2D eigenvalue weighted by Crippen LogP contribution is 2.18. The van der Waals surface area contributed by atoms with Gasteiger partial charge in [0.15, 0.2) is 10.7 Å². The van der Waals surface area contributed by atoms with Crippen LogP contribution in [0.5, 0.6) is 0 Å². The van der Waals surface area contributed by atoms with Crippen molar-refractivity contribution in [3.05, 3.63) is 148 Å². The molecule has 0 radical (unpaired) electrons. The van der Waals surface area contributed by atoms with Gasteiger partial charge in [-0.2, -0.15) is 0 Å². The van der Waals surface area contributed by atoms with Crippen molar-refractivity contribution in [3.63, 3.8) is 0 Å². The maximum absolute atomic E-state index is 12.8. The third kappa shape index (κ3) is 9.97. The first kappa shape index (κ1) is 36.2. The average molecular weight is 694 g/mol. The number of pyridine rings is 1. The van der Waals surface area contributed by atoms with Crippen molar-refractivity contribution in [2.75, 3.05) is 6.54 Å². The molecule has 4 N–H and O–H groups in total. The van der Waals surface area contributed by atoms with Crippen molar-refractivity contribution in [2.24, 2.45) is 0 Å². The van der Waals surface area contributed by atoms with E-state index in [1.807, 2.05) is 50.2 Å². The quantitative estimate of drug-likeness (QED) is 0.102. The topological polar surface area (TPSA) is 142 Å². The third-order valence-electron chi connectivity index (χ3n) is 8.52. The molecule has 0 fully saturated rings. The van der Waals surface area contributed by atoms with Crippen LogP contribution in [0.15, 0.2) is 108 Å². The van der Waals surface area contributed by atoms with Gasteiger partial charge in [-0.1, -0.05) is 54.6 Å². The normalized spacial score (nSPS) is 12.4. The van der Waals surface area contributed by atoms with Crippen molar-refractivity contribution in [1.82, 2.24) is 25.5 Å². The molecule has 2 atom stereocenters. The number of benzene rings is 3. The van der Waals surface area contributed by atoms with Gasteiger partial charge >= 0.3 is 0 Å². The molecule has 0 bridgehead atoms. The Bertz CT molecular complexity index is 1960. The van der Waals surface area contributed by atoms with Crippen molar-refractivity contribution < 1.29 is 23.1 Å². The fourth-order valence-corrected chi connectivity index (χ4v) is 6.11. The number of rotatable bonds is 15. The maximum atomic E-state index is 12.8. The number of hydrogen-bond donors (Lipinski definition) is 5. The molecule has 0 aliphatic heterocycles. The molecular formula is C39H43N5O5S. The van der Waals surface area contributed by atoms with E-state index in [9.17, 15) is 23.1 Å².